The van der Waals surface area contributed by atoms with Crippen LogP contribution in [0.15, 0.2) is 42.6 Å². The number of benzene rings is 1. The van der Waals surface area contributed by atoms with Crippen molar-refractivity contribution in [3.8, 4) is 11.6 Å². The number of alkyl halides is 3. The van der Waals surface area contributed by atoms with Gasteiger partial charge in [0, 0.05) is 18.8 Å². The Labute approximate surface area is 172 Å². The summed E-state index contributed by atoms with van der Waals surface area (Å²) in [5.74, 6) is -0.322. The Morgan fingerprint density at radius 3 is 2.57 bits per heavy atom. The van der Waals surface area contributed by atoms with Crippen LogP contribution >= 0.6 is 24.8 Å². The van der Waals surface area contributed by atoms with E-state index in [-0.39, 0.29) is 48.4 Å². The number of nitrogens with zero attached hydrogens (tertiary/aromatic N) is 1. The summed E-state index contributed by atoms with van der Waals surface area (Å²) in [6, 6.07) is 7.93. The van der Waals surface area contributed by atoms with E-state index in [1.807, 2.05) is 0 Å². The molecule has 154 valence electrons. The van der Waals surface area contributed by atoms with Crippen molar-refractivity contribution in [3.63, 3.8) is 0 Å². The van der Waals surface area contributed by atoms with Crippen molar-refractivity contribution in [2.45, 2.75) is 31.6 Å². The molecule has 10 heteroatoms. The zero-order valence-corrected chi connectivity index (χ0v) is 16.3. The Hall–Kier alpha value is -2.03. The topological polar surface area (TPSA) is 63.2 Å². The number of hydrogen-bond donors (Lipinski definition) is 2. The van der Waals surface area contributed by atoms with Crippen LogP contribution in [0.25, 0.3) is 0 Å². The number of rotatable bonds is 5. The maximum atomic E-state index is 13.0. The van der Waals surface area contributed by atoms with Gasteiger partial charge in [-0.3, -0.25) is 4.79 Å². The van der Waals surface area contributed by atoms with Gasteiger partial charge in [-0.2, -0.15) is 13.2 Å². The fourth-order valence-electron chi connectivity index (χ4n) is 2.70. The maximum absolute atomic E-state index is 13.0. The Morgan fingerprint density at radius 1 is 1.21 bits per heavy atom. The monoisotopic (exact) mass is 437 g/mol. The molecule has 0 spiro atoms. The van der Waals surface area contributed by atoms with Gasteiger partial charge in [0.05, 0.1) is 11.6 Å². The van der Waals surface area contributed by atoms with Gasteiger partial charge in [-0.1, -0.05) is 18.2 Å². The third-order valence-electron chi connectivity index (χ3n) is 4.05. The number of nitrogens with one attached hydrogen (secondary N) is 2. The number of carbonyl (C=O) groups excluding carboxylic acids is 1. The van der Waals surface area contributed by atoms with Gasteiger partial charge in [-0.15, -0.1) is 24.8 Å². The molecule has 0 aliphatic carbocycles. The Kier molecular flexibility index (Phi) is 9.00. The van der Waals surface area contributed by atoms with Crippen LogP contribution in [0.2, 0.25) is 0 Å². The first-order chi connectivity index (χ1) is 12.4. The second kappa shape index (κ2) is 10.5. The van der Waals surface area contributed by atoms with E-state index in [0.717, 1.165) is 31.0 Å². The molecule has 5 nitrogen and oxygen atoms in total. The number of aromatic nitrogens is 1. The third-order valence-corrected chi connectivity index (χ3v) is 4.05. The van der Waals surface area contributed by atoms with Gasteiger partial charge in [-0.05, 0) is 37.1 Å². The molecule has 0 saturated carbocycles. The summed E-state index contributed by atoms with van der Waals surface area (Å²) in [4.78, 5) is 15.9. The van der Waals surface area contributed by atoms with Gasteiger partial charge in [0.1, 0.15) is 5.75 Å². The molecule has 1 amide bonds. The molecule has 1 aliphatic rings. The molecule has 1 aliphatic heterocycles. The van der Waals surface area contributed by atoms with E-state index >= 15 is 0 Å². The van der Waals surface area contributed by atoms with Gasteiger partial charge in [-0.25, -0.2) is 4.98 Å². The zero-order valence-electron chi connectivity index (χ0n) is 14.7. The predicted molar refractivity (Wildman–Crippen MR) is 103 cm³/mol. The normalized spacial score (nSPS) is 15.9. The quantitative estimate of drug-likeness (QED) is 0.738. The molecule has 1 aromatic heterocycles. The summed E-state index contributed by atoms with van der Waals surface area (Å²) >= 11 is 0. The molecular formula is C18H20Cl2F3N3O2. The zero-order chi connectivity index (χ0) is 18.6. The minimum Gasteiger partial charge on any atom is -0.438 e. The van der Waals surface area contributed by atoms with Crippen LogP contribution in [0.1, 0.15) is 24.0 Å². The van der Waals surface area contributed by atoms with Crippen LogP contribution in [0, 0.1) is 0 Å². The molecule has 28 heavy (non-hydrogen) atoms. The maximum Gasteiger partial charge on any atom is 0.419 e. The molecule has 1 atom stereocenters. The number of carbonyl (C=O) groups is 1. The SMILES string of the molecule is Cl.Cl.O=C(NCc1ccc(Oc2ccccc2C(F)(F)F)nc1)C1CCCN1. The van der Waals surface area contributed by atoms with Crippen molar-refractivity contribution in [3.05, 3.63) is 53.7 Å². The molecule has 3 rings (SSSR count). The first-order valence-corrected chi connectivity index (χ1v) is 8.23. The fraction of sp³-hybridized carbons (Fsp3) is 0.333. The standard InChI is InChI=1S/C18H18F3N3O2.2ClH/c19-18(20,21)13-4-1-2-6-15(13)26-16-8-7-12(10-23-16)11-24-17(25)14-5-3-9-22-14;;/h1-2,4,6-8,10,14,22H,3,5,9,11H2,(H,24,25);2*1H. The van der Waals surface area contributed by atoms with E-state index in [1.165, 1.54) is 30.5 Å². The first kappa shape index (κ1) is 24.0. The highest BCUT2D eigenvalue weighted by molar-refractivity contribution is 5.85. The minimum absolute atomic E-state index is 0. The number of amides is 1. The number of pyridine rings is 1. The van der Waals surface area contributed by atoms with E-state index in [9.17, 15) is 18.0 Å². The molecule has 1 aromatic carbocycles. The molecular weight excluding hydrogens is 418 g/mol. The Bertz CT molecular complexity index is 767. The van der Waals surface area contributed by atoms with Crippen molar-refractivity contribution >= 4 is 30.7 Å². The van der Waals surface area contributed by atoms with Gasteiger partial charge < -0.3 is 15.4 Å². The summed E-state index contributed by atoms with van der Waals surface area (Å²) in [6.45, 7) is 1.13. The van der Waals surface area contributed by atoms with E-state index < -0.39 is 11.7 Å². The summed E-state index contributed by atoms with van der Waals surface area (Å²) in [5, 5.41) is 5.91. The molecule has 2 heterocycles. The van der Waals surface area contributed by atoms with Crippen molar-refractivity contribution in [2.24, 2.45) is 0 Å². The highest BCUT2D eigenvalue weighted by Crippen LogP contribution is 2.37. The van der Waals surface area contributed by atoms with Gasteiger partial charge in [0.15, 0.2) is 0 Å². The van der Waals surface area contributed by atoms with Crippen molar-refractivity contribution in [1.82, 2.24) is 15.6 Å². The summed E-state index contributed by atoms with van der Waals surface area (Å²) in [5.41, 5.74) is -0.130. The lowest BCUT2D eigenvalue weighted by atomic mass is 10.2. The average molecular weight is 438 g/mol. The van der Waals surface area contributed by atoms with Crippen LogP contribution in [0.3, 0.4) is 0 Å². The van der Waals surface area contributed by atoms with Crippen LogP contribution in [-0.2, 0) is 17.5 Å². The molecule has 1 saturated heterocycles. The largest absolute Gasteiger partial charge is 0.438 e. The number of hydrogen-bond acceptors (Lipinski definition) is 4. The molecule has 0 radical (unpaired) electrons. The first-order valence-electron chi connectivity index (χ1n) is 8.23. The predicted octanol–water partition coefficient (Wildman–Crippen LogP) is 4.10. The van der Waals surface area contributed by atoms with E-state index in [1.54, 1.807) is 6.07 Å². The minimum atomic E-state index is -4.50. The van der Waals surface area contributed by atoms with Gasteiger partial charge in [0.2, 0.25) is 11.8 Å². The fourth-order valence-corrected chi connectivity index (χ4v) is 2.70. The lowest BCUT2D eigenvalue weighted by molar-refractivity contribution is -0.138. The van der Waals surface area contributed by atoms with Gasteiger partial charge >= 0.3 is 6.18 Å². The van der Waals surface area contributed by atoms with Crippen LogP contribution in [0.4, 0.5) is 13.2 Å². The van der Waals surface area contributed by atoms with E-state index in [4.69, 9.17) is 4.74 Å². The average Bonchev–Trinajstić information content (AvgIpc) is 3.15. The number of ether oxygens (including phenoxy) is 1. The van der Waals surface area contributed by atoms with Crippen LogP contribution in [0.5, 0.6) is 11.6 Å². The Balaban J connectivity index is 0.00000196. The lowest BCUT2D eigenvalue weighted by Crippen LogP contribution is -2.40. The van der Waals surface area contributed by atoms with Crippen molar-refractivity contribution in [1.29, 1.82) is 0 Å². The molecule has 1 fully saturated rings. The van der Waals surface area contributed by atoms with E-state index in [2.05, 4.69) is 15.6 Å². The highest BCUT2D eigenvalue weighted by Gasteiger charge is 2.34. The second-order valence-electron chi connectivity index (χ2n) is 5.97. The lowest BCUT2D eigenvalue weighted by Gasteiger charge is -2.13. The Morgan fingerprint density at radius 2 is 1.96 bits per heavy atom. The molecule has 0 bridgehead atoms. The number of halogens is 5. The summed E-state index contributed by atoms with van der Waals surface area (Å²) in [6.07, 6.45) is -1.25. The molecule has 2 aromatic rings. The van der Waals surface area contributed by atoms with Crippen LogP contribution in [-0.4, -0.2) is 23.5 Å². The number of para-hydroxylation sites is 1. The van der Waals surface area contributed by atoms with Crippen molar-refractivity contribution < 1.29 is 22.7 Å². The summed E-state index contributed by atoms with van der Waals surface area (Å²) in [7, 11) is 0. The summed E-state index contributed by atoms with van der Waals surface area (Å²) < 4.78 is 44.2. The second-order valence-corrected chi connectivity index (χ2v) is 5.97. The molecule has 2 N–H and O–H groups in total. The smallest absolute Gasteiger partial charge is 0.419 e. The molecule has 1 unspecified atom stereocenters. The van der Waals surface area contributed by atoms with Crippen LogP contribution < -0.4 is 15.4 Å². The highest BCUT2D eigenvalue weighted by atomic mass is 35.5. The van der Waals surface area contributed by atoms with E-state index in [0.29, 0.717) is 6.54 Å². The van der Waals surface area contributed by atoms with Crippen molar-refractivity contribution in [2.75, 3.05) is 6.54 Å². The van der Waals surface area contributed by atoms with Gasteiger partial charge in [0.25, 0.3) is 0 Å². The third kappa shape index (κ3) is 6.25.